The fourth-order valence-electron chi connectivity index (χ4n) is 3.05. The van der Waals surface area contributed by atoms with Crippen molar-refractivity contribution in [2.45, 2.75) is 6.54 Å². The Morgan fingerprint density at radius 2 is 2.03 bits per heavy atom. The van der Waals surface area contributed by atoms with E-state index in [0.29, 0.717) is 26.9 Å². The normalized spacial score (nSPS) is 11.7. The molecule has 0 aliphatic rings. The van der Waals surface area contributed by atoms with Crippen molar-refractivity contribution in [2.24, 2.45) is 4.99 Å². The summed E-state index contributed by atoms with van der Waals surface area (Å²) in [5, 5.41) is 11.8. The molecule has 0 saturated carbocycles. The Bertz CT molecular complexity index is 1410. The smallest absolute Gasteiger partial charge is 0.325 e. The molecule has 10 nitrogen and oxygen atoms in total. The topological polar surface area (TPSA) is 126 Å². The predicted octanol–water partition coefficient (Wildman–Crippen LogP) is 3.28. The average molecular weight is 441 g/mol. The Morgan fingerprint density at radius 3 is 2.74 bits per heavy atom. The maximum absolute atomic E-state index is 12.8. The maximum atomic E-state index is 12.8. The number of furan rings is 1. The number of nitrogens with zero attached hydrogens (tertiary/aromatic N) is 3. The lowest BCUT2D eigenvalue weighted by atomic mass is 10.2. The van der Waals surface area contributed by atoms with E-state index in [2.05, 4.69) is 4.99 Å². The van der Waals surface area contributed by atoms with E-state index in [1.807, 2.05) is 0 Å². The number of methoxy groups -OCH3 is 2. The van der Waals surface area contributed by atoms with Gasteiger partial charge in [0, 0.05) is 17.5 Å². The van der Waals surface area contributed by atoms with Crippen molar-refractivity contribution in [3.8, 4) is 5.75 Å². The van der Waals surface area contributed by atoms with E-state index in [0.717, 1.165) is 11.3 Å². The number of esters is 1. The number of rotatable bonds is 5. The van der Waals surface area contributed by atoms with Crippen molar-refractivity contribution in [2.75, 3.05) is 14.2 Å². The molecule has 1 amide bonds. The van der Waals surface area contributed by atoms with Crippen LogP contribution >= 0.6 is 11.3 Å². The summed E-state index contributed by atoms with van der Waals surface area (Å²) in [5.74, 6) is -0.787. The molecule has 0 aliphatic heterocycles. The molecule has 158 valence electrons. The van der Waals surface area contributed by atoms with Gasteiger partial charge in [0.15, 0.2) is 21.9 Å². The molecule has 0 saturated heterocycles. The van der Waals surface area contributed by atoms with Crippen LogP contribution in [-0.2, 0) is 16.1 Å². The van der Waals surface area contributed by atoms with Crippen LogP contribution in [-0.4, -0.2) is 35.6 Å². The van der Waals surface area contributed by atoms with Crippen LogP contribution in [0, 0.1) is 10.1 Å². The molecule has 0 atom stereocenters. The Morgan fingerprint density at radius 1 is 1.23 bits per heavy atom. The largest absolute Gasteiger partial charge is 0.493 e. The number of thiazole rings is 1. The molecule has 0 aliphatic carbocycles. The van der Waals surface area contributed by atoms with Crippen molar-refractivity contribution >= 4 is 50.1 Å². The Labute approximate surface area is 178 Å². The number of aromatic nitrogens is 1. The molecule has 0 bridgehead atoms. The number of benzene rings is 2. The highest BCUT2D eigenvalue weighted by Gasteiger charge is 2.18. The zero-order valence-electron chi connectivity index (χ0n) is 16.4. The summed E-state index contributed by atoms with van der Waals surface area (Å²) >= 11 is 1.11. The molecule has 2 heterocycles. The number of carbonyl (C=O) groups is 2. The van der Waals surface area contributed by atoms with Gasteiger partial charge >= 0.3 is 11.9 Å². The summed E-state index contributed by atoms with van der Waals surface area (Å²) in [5.41, 5.74) is 0.659. The summed E-state index contributed by atoms with van der Waals surface area (Å²) in [6, 6.07) is 11.0. The van der Waals surface area contributed by atoms with Gasteiger partial charge in [-0.05, 0) is 18.2 Å². The third-order valence-electron chi connectivity index (χ3n) is 4.53. The number of hydrogen-bond acceptors (Lipinski definition) is 8. The van der Waals surface area contributed by atoms with E-state index in [-0.39, 0.29) is 22.8 Å². The molecule has 31 heavy (non-hydrogen) atoms. The van der Waals surface area contributed by atoms with Crippen LogP contribution in [0.1, 0.15) is 10.6 Å². The number of ether oxygens (including phenoxy) is 2. The van der Waals surface area contributed by atoms with Crippen molar-refractivity contribution < 1.29 is 28.4 Å². The second-order valence-electron chi connectivity index (χ2n) is 6.36. The molecule has 2 aromatic carbocycles. The number of nitro benzene ring substituents is 1. The first-order valence-electron chi connectivity index (χ1n) is 8.91. The number of fused-ring (bicyclic) bond motifs is 2. The molecule has 0 radical (unpaired) electrons. The van der Waals surface area contributed by atoms with Gasteiger partial charge in [-0.2, -0.15) is 4.99 Å². The van der Waals surface area contributed by atoms with E-state index in [4.69, 9.17) is 13.9 Å². The summed E-state index contributed by atoms with van der Waals surface area (Å²) in [4.78, 5) is 39.6. The average Bonchev–Trinajstić information content (AvgIpc) is 3.34. The third kappa shape index (κ3) is 3.78. The highest BCUT2D eigenvalue weighted by atomic mass is 32.1. The van der Waals surface area contributed by atoms with Gasteiger partial charge in [0.2, 0.25) is 0 Å². The standard InChI is InChI=1S/C20H15N3O7S/c1-28-14-5-3-4-11-8-15(30-18(11)14)19(25)21-20-22(10-17(24)29-2)13-9-12(23(26)27)6-7-16(13)31-20/h3-9H,10H2,1-2H3. The zero-order chi connectivity index (χ0) is 22.1. The number of carbonyl (C=O) groups excluding carboxylic acids is 2. The summed E-state index contributed by atoms with van der Waals surface area (Å²) in [6.45, 7) is -0.266. The molecule has 11 heteroatoms. The van der Waals surface area contributed by atoms with Crippen LogP contribution < -0.4 is 9.54 Å². The van der Waals surface area contributed by atoms with E-state index >= 15 is 0 Å². The lowest BCUT2D eigenvalue weighted by Crippen LogP contribution is -2.22. The van der Waals surface area contributed by atoms with Gasteiger partial charge < -0.3 is 18.5 Å². The highest BCUT2D eigenvalue weighted by Crippen LogP contribution is 2.29. The zero-order valence-corrected chi connectivity index (χ0v) is 17.2. The molecular formula is C20H15N3O7S. The first-order valence-corrected chi connectivity index (χ1v) is 9.73. The highest BCUT2D eigenvalue weighted by molar-refractivity contribution is 7.16. The lowest BCUT2D eigenvalue weighted by Gasteiger charge is -2.03. The molecule has 2 aromatic heterocycles. The van der Waals surface area contributed by atoms with Crippen LogP contribution in [0.5, 0.6) is 5.75 Å². The van der Waals surface area contributed by atoms with E-state index < -0.39 is 16.8 Å². The van der Waals surface area contributed by atoms with Crippen molar-refractivity contribution in [3.63, 3.8) is 0 Å². The minimum atomic E-state index is -0.669. The summed E-state index contributed by atoms with van der Waals surface area (Å²) in [7, 11) is 2.72. The van der Waals surface area contributed by atoms with E-state index in [1.165, 1.54) is 30.9 Å². The van der Waals surface area contributed by atoms with E-state index in [9.17, 15) is 19.7 Å². The van der Waals surface area contributed by atoms with Crippen LogP contribution in [0.25, 0.3) is 21.2 Å². The van der Waals surface area contributed by atoms with Gasteiger partial charge in [-0.3, -0.25) is 19.7 Å². The molecular weight excluding hydrogens is 426 g/mol. The second kappa shape index (κ2) is 8.03. The Balaban J connectivity index is 1.85. The number of amides is 1. The van der Waals surface area contributed by atoms with Gasteiger partial charge in [-0.15, -0.1) is 0 Å². The van der Waals surface area contributed by atoms with Crippen LogP contribution in [0.4, 0.5) is 5.69 Å². The van der Waals surface area contributed by atoms with Gasteiger partial charge in [0.1, 0.15) is 6.54 Å². The Kier molecular flexibility index (Phi) is 5.26. The van der Waals surface area contributed by atoms with Crippen molar-refractivity contribution in [1.29, 1.82) is 0 Å². The molecule has 4 rings (SSSR count). The molecule has 0 fully saturated rings. The van der Waals surface area contributed by atoms with Gasteiger partial charge in [0.05, 0.1) is 29.4 Å². The minimum absolute atomic E-state index is 0.00689. The lowest BCUT2D eigenvalue weighted by molar-refractivity contribution is -0.384. The molecule has 0 unspecified atom stereocenters. The quantitative estimate of drug-likeness (QED) is 0.264. The van der Waals surface area contributed by atoms with Crippen molar-refractivity contribution in [3.05, 3.63) is 63.1 Å². The number of para-hydroxylation sites is 1. The SMILES string of the molecule is COC(=O)Cn1c(=NC(=O)c2cc3cccc(OC)c3o2)sc2ccc([N+](=O)[O-])cc21. The molecule has 0 N–H and O–H groups in total. The number of hydrogen-bond donors (Lipinski definition) is 0. The number of nitro groups is 1. The van der Waals surface area contributed by atoms with Gasteiger partial charge in [-0.25, -0.2) is 0 Å². The first kappa shape index (κ1) is 20.3. The fraction of sp³-hybridized carbons (Fsp3) is 0.150. The van der Waals surface area contributed by atoms with Crippen LogP contribution in [0.3, 0.4) is 0 Å². The van der Waals surface area contributed by atoms with Crippen LogP contribution in [0.2, 0.25) is 0 Å². The summed E-state index contributed by atoms with van der Waals surface area (Å²) in [6.07, 6.45) is 0. The fourth-order valence-corrected chi connectivity index (χ4v) is 4.06. The third-order valence-corrected chi connectivity index (χ3v) is 5.59. The van der Waals surface area contributed by atoms with Crippen LogP contribution in [0.15, 0.2) is 51.9 Å². The summed E-state index contributed by atoms with van der Waals surface area (Å²) < 4.78 is 17.6. The second-order valence-corrected chi connectivity index (χ2v) is 7.37. The first-order chi connectivity index (χ1) is 14.9. The molecule has 4 aromatic rings. The van der Waals surface area contributed by atoms with Gasteiger partial charge in [0.25, 0.3) is 5.69 Å². The van der Waals surface area contributed by atoms with Gasteiger partial charge in [-0.1, -0.05) is 23.5 Å². The maximum Gasteiger partial charge on any atom is 0.325 e. The van der Waals surface area contributed by atoms with E-state index in [1.54, 1.807) is 30.3 Å². The Hall–Kier alpha value is -3.99. The minimum Gasteiger partial charge on any atom is -0.493 e. The number of non-ortho nitro benzene ring substituents is 1. The van der Waals surface area contributed by atoms with Crippen molar-refractivity contribution in [1.82, 2.24) is 4.57 Å². The molecule has 0 spiro atoms. The predicted molar refractivity (Wildman–Crippen MR) is 111 cm³/mol. The monoisotopic (exact) mass is 441 g/mol.